The molecule has 0 unspecified atom stereocenters. The van der Waals surface area contributed by atoms with Gasteiger partial charge in [-0.1, -0.05) is 0 Å². The maximum atomic E-state index is 11.5. The number of amides is 1. The summed E-state index contributed by atoms with van der Waals surface area (Å²) >= 11 is 1.41. The molecule has 0 atom stereocenters. The highest BCUT2D eigenvalue weighted by Crippen LogP contribution is 2.17. The Morgan fingerprint density at radius 3 is 2.55 bits per heavy atom. The Labute approximate surface area is 123 Å². The standard InChI is InChI=1S/C14H22N2O3S/c1-6-19-13(18)15-12-11(8-7-10(2)17)9-16(20-12)14(3,4)5/h9H,6-8H2,1-5H3. The zero-order chi connectivity index (χ0) is 15.3. The van der Waals surface area contributed by atoms with E-state index in [9.17, 15) is 9.59 Å². The summed E-state index contributed by atoms with van der Waals surface area (Å²) in [7, 11) is 0. The maximum Gasteiger partial charge on any atom is 0.434 e. The number of carbonyl (C=O) groups excluding carboxylic acids is 2. The molecule has 0 bridgehead atoms. The number of ketones is 1. The number of Topliss-reactive ketones (excluding diaryl/α,β-unsaturated/α-hetero) is 1. The number of aryl methyl sites for hydroxylation is 1. The summed E-state index contributed by atoms with van der Waals surface area (Å²) in [5.41, 5.74) is 0.825. The van der Waals surface area contributed by atoms with Crippen LogP contribution in [0, 0.1) is 0 Å². The van der Waals surface area contributed by atoms with E-state index in [0.29, 0.717) is 24.1 Å². The first kappa shape index (κ1) is 16.6. The third-order valence-electron chi connectivity index (χ3n) is 2.60. The summed E-state index contributed by atoms with van der Waals surface area (Å²) in [6.07, 6.45) is 2.42. The molecule has 0 fully saturated rings. The molecule has 6 heteroatoms. The van der Waals surface area contributed by atoms with Crippen LogP contribution in [-0.4, -0.2) is 22.4 Å². The molecule has 5 nitrogen and oxygen atoms in total. The van der Waals surface area contributed by atoms with E-state index in [2.05, 4.69) is 25.8 Å². The van der Waals surface area contributed by atoms with Crippen LogP contribution >= 0.6 is 11.5 Å². The van der Waals surface area contributed by atoms with E-state index in [-0.39, 0.29) is 11.3 Å². The SMILES string of the molecule is CCOC(=O)N=c1sn(C(C)(C)C)cc1CCC(C)=O. The molecule has 0 saturated heterocycles. The van der Waals surface area contributed by atoms with Crippen LogP contribution in [0.3, 0.4) is 0 Å². The molecular formula is C14H22N2O3S. The van der Waals surface area contributed by atoms with Gasteiger partial charge < -0.3 is 9.53 Å². The van der Waals surface area contributed by atoms with Gasteiger partial charge in [0.25, 0.3) is 0 Å². The molecule has 112 valence electrons. The molecule has 0 aliphatic heterocycles. The van der Waals surface area contributed by atoms with Crippen molar-refractivity contribution in [2.45, 2.75) is 53.0 Å². The predicted octanol–water partition coefficient (Wildman–Crippen LogP) is 2.88. The molecule has 0 spiro atoms. The minimum Gasteiger partial charge on any atom is -0.448 e. The summed E-state index contributed by atoms with van der Waals surface area (Å²) in [5.74, 6) is 0.126. The van der Waals surface area contributed by atoms with Crippen LogP contribution < -0.4 is 4.67 Å². The molecular weight excluding hydrogens is 276 g/mol. The van der Waals surface area contributed by atoms with Crippen LogP contribution in [0.25, 0.3) is 0 Å². The number of hydrogen-bond donors (Lipinski definition) is 0. The Morgan fingerprint density at radius 2 is 2.05 bits per heavy atom. The third-order valence-corrected chi connectivity index (χ3v) is 3.98. The predicted molar refractivity (Wildman–Crippen MR) is 78.9 cm³/mol. The lowest BCUT2D eigenvalue weighted by atomic mass is 10.1. The Bertz CT molecular complexity index is 550. The van der Waals surface area contributed by atoms with E-state index in [0.717, 1.165) is 5.56 Å². The van der Waals surface area contributed by atoms with Crippen molar-refractivity contribution in [3.8, 4) is 0 Å². The summed E-state index contributed by atoms with van der Waals surface area (Å²) in [6, 6.07) is 0. The van der Waals surface area contributed by atoms with Crippen LogP contribution in [0.5, 0.6) is 0 Å². The first-order valence-corrected chi connectivity index (χ1v) is 7.44. The number of aromatic nitrogens is 1. The molecule has 1 heterocycles. The van der Waals surface area contributed by atoms with Gasteiger partial charge in [-0.15, -0.1) is 0 Å². The molecule has 20 heavy (non-hydrogen) atoms. The lowest BCUT2D eigenvalue weighted by Gasteiger charge is -2.19. The number of ether oxygens (including phenoxy) is 1. The lowest BCUT2D eigenvalue weighted by Crippen LogP contribution is -2.18. The second-order valence-electron chi connectivity index (χ2n) is 5.56. The minimum atomic E-state index is -0.584. The Balaban J connectivity index is 3.15. The Morgan fingerprint density at radius 1 is 1.40 bits per heavy atom. The average Bonchev–Trinajstić information content (AvgIpc) is 2.69. The molecule has 1 aromatic rings. The highest BCUT2D eigenvalue weighted by molar-refractivity contribution is 7.04. The smallest absolute Gasteiger partial charge is 0.434 e. The minimum absolute atomic E-state index is 0.0852. The van der Waals surface area contributed by atoms with Crippen molar-refractivity contribution >= 4 is 23.4 Å². The lowest BCUT2D eigenvalue weighted by molar-refractivity contribution is -0.116. The van der Waals surface area contributed by atoms with Gasteiger partial charge in [0.1, 0.15) is 10.5 Å². The summed E-state index contributed by atoms with van der Waals surface area (Å²) in [5, 5.41) is 0. The van der Waals surface area contributed by atoms with Gasteiger partial charge in [0, 0.05) is 23.7 Å². The number of hydrogen-bond acceptors (Lipinski definition) is 4. The van der Waals surface area contributed by atoms with Crippen molar-refractivity contribution in [1.82, 2.24) is 3.96 Å². The molecule has 0 N–H and O–H groups in total. The van der Waals surface area contributed by atoms with E-state index in [4.69, 9.17) is 4.74 Å². The zero-order valence-electron chi connectivity index (χ0n) is 12.7. The van der Waals surface area contributed by atoms with Crippen molar-refractivity contribution in [2.75, 3.05) is 6.61 Å². The number of rotatable bonds is 4. The van der Waals surface area contributed by atoms with Gasteiger partial charge in [0.05, 0.1) is 6.61 Å². The van der Waals surface area contributed by atoms with Gasteiger partial charge in [-0.05, 0) is 52.6 Å². The van der Waals surface area contributed by atoms with Gasteiger partial charge in [0.15, 0.2) is 0 Å². The van der Waals surface area contributed by atoms with Gasteiger partial charge in [0.2, 0.25) is 0 Å². The highest BCUT2D eigenvalue weighted by Gasteiger charge is 2.16. The van der Waals surface area contributed by atoms with Crippen molar-refractivity contribution in [3.63, 3.8) is 0 Å². The number of nitrogens with zero attached hydrogens (tertiary/aromatic N) is 2. The monoisotopic (exact) mass is 298 g/mol. The van der Waals surface area contributed by atoms with Crippen LogP contribution in [0.2, 0.25) is 0 Å². The summed E-state index contributed by atoms with van der Waals surface area (Å²) in [6.45, 7) is 9.83. The molecule has 1 amide bonds. The second-order valence-corrected chi connectivity index (χ2v) is 6.52. The Kier molecular flexibility index (Phi) is 5.68. The first-order chi connectivity index (χ1) is 9.24. The normalized spacial score (nSPS) is 12.6. The van der Waals surface area contributed by atoms with Crippen LogP contribution in [0.1, 0.15) is 46.6 Å². The van der Waals surface area contributed by atoms with E-state index >= 15 is 0 Å². The average molecular weight is 298 g/mol. The van der Waals surface area contributed by atoms with Gasteiger partial charge in [-0.3, -0.25) is 3.96 Å². The van der Waals surface area contributed by atoms with E-state index in [1.54, 1.807) is 13.8 Å². The molecule has 1 aromatic heterocycles. The van der Waals surface area contributed by atoms with E-state index in [1.807, 2.05) is 10.2 Å². The third kappa shape index (κ3) is 4.92. The van der Waals surface area contributed by atoms with Crippen LogP contribution in [0.4, 0.5) is 4.79 Å². The fourth-order valence-corrected chi connectivity index (χ4v) is 2.55. The van der Waals surface area contributed by atoms with Crippen molar-refractivity contribution < 1.29 is 14.3 Å². The fourth-order valence-electron chi connectivity index (χ4n) is 1.52. The Hall–Kier alpha value is -1.43. The van der Waals surface area contributed by atoms with E-state index < -0.39 is 6.09 Å². The summed E-state index contributed by atoms with van der Waals surface area (Å²) < 4.78 is 7.51. The topological polar surface area (TPSA) is 60.7 Å². The molecule has 1 rings (SSSR count). The van der Waals surface area contributed by atoms with Crippen molar-refractivity contribution in [2.24, 2.45) is 4.99 Å². The van der Waals surface area contributed by atoms with Crippen LogP contribution in [-0.2, 0) is 21.5 Å². The first-order valence-electron chi connectivity index (χ1n) is 6.67. The van der Waals surface area contributed by atoms with Gasteiger partial charge in [-0.2, -0.15) is 4.99 Å². The van der Waals surface area contributed by atoms with Gasteiger partial charge in [-0.25, -0.2) is 4.79 Å². The fraction of sp³-hybridized carbons (Fsp3) is 0.643. The molecule has 0 radical (unpaired) electrons. The van der Waals surface area contributed by atoms with Crippen LogP contribution in [0.15, 0.2) is 11.2 Å². The zero-order valence-corrected chi connectivity index (χ0v) is 13.5. The number of carbonyl (C=O) groups is 2. The summed E-state index contributed by atoms with van der Waals surface area (Å²) in [4.78, 5) is 26.6. The molecule has 0 saturated carbocycles. The van der Waals surface area contributed by atoms with E-state index in [1.165, 1.54) is 11.5 Å². The maximum absolute atomic E-state index is 11.5. The second kappa shape index (κ2) is 6.83. The molecule has 0 aliphatic rings. The highest BCUT2D eigenvalue weighted by atomic mass is 32.1. The van der Waals surface area contributed by atoms with Crippen molar-refractivity contribution in [1.29, 1.82) is 0 Å². The van der Waals surface area contributed by atoms with Gasteiger partial charge >= 0.3 is 6.09 Å². The molecule has 0 aliphatic carbocycles. The van der Waals surface area contributed by atoms with Crippen molar-refractivity contribution in [3.05, 3.63) is 16.4 Å². The quantitative estimate of drug-likeness (QED) is 0.858. The largest absolute Gasteiger partial charge is 0.448 e. The molecule has 0 aromatic carbocycles.